The van der Waals surface area contributed by atoms with E-state index in [1.165, 1.54) is 4.90 Å². The van der Waals surface area contributed by atoms with Gasteiger partial charge in [0.2, 0.25) is 0 Å². The number of hydrogen-bond donors (Lipinski definition) is 2. The highest BCUT2D eigenvalue weighted by Crippen LogP contribution is 2.19. The molecule has 3 N–H and O–H groups in total. The Labute approximate surface area is 125 Å². The molecule has 0 fully saturated rings. The van der Waals surface area contributed by atoms with Crippen molar-refractivity contribution >= 4 is 34.7 Å². The molecule has 0 atom stereocenters. The van der Waals surface area contributed by atoms with Crippen LogP contribution in [0, 0.1) is 6.92 Å². The van der Waals surface area contributed by atoms with Gasteiger partial charge in [-0.25, -0.2) is 15.8 Å². The van der Waals surface area contributed by atoms with E-state index in [9.17, 15) is 4.79 Å². The molecule has 2 heterocycles. The van der Waals surface area contributed by atoms with Gasteiger partial charge in [-0.1, -0.05) is 11.6 Å². The molecule has 0 radical (unpaired) electrons. The van der Waals surface area contributed by atoms with Crippen molar-refractivity contribution in [1.29, 1.82) is 0 Å². The van der Waals surface area contributed by atoms with Gasteiger partial charge < -0.3 is 10.3 Å². The number of nitrogen functional groups attached to an aromatic ring is 1. The molecule has 1 amide bonds. The summed E-state index contributed by atoms with van der Waals surface area (Å²) in [4.78, 5) is 22.3. The second-order valence-electron chi connectivity index (χ2n) is 4.19. The van der Waals surface area contributed by atoms with E-state index >= 15 is 0 Å². The van der Waals surface area contributed by atoms with E-state index in [1.54, 1.807) is 30.5 Å². The van der Waals surface area contributed by atoms with E-state index in [1.807, 2.05) is 12.3 Å². The number of rotatable bonds is 4. The number of amides is 1. The van der Waals surface area contributed by atoms with Crippen molar-refractivity contribution in [3.8, 4) is 0 Å². The van der Waals surface area contributed by atoms with Gasteiger partial charge in [0.15, 0.2) is 0 Å². The molecule has 0 aliphatic rings. The predicted octanol–water partition coefficient (Wildman–Crippen LogP) is 2.06. The number of pyridine rings is 1. The standard InChI is InChI=1S/C12H14ClN5OS/c1-7-15-8(6-20-7)5-18(2)12(19)11-9(13)3-4-10(16-11)17-14/h3-4,6H,5,14H2,1-2H3,(H,16,17). The molecule has 6 nitrogen and oxygen atoms in total. The van der Waals surface area contributed by atoms with Crippen molar-refractivity contribution in [2.75, 3.05) is 12.5 Å². The third-order valence-corrected chi connectivity index (χ3v) is 3.74. The fourth-order valence-corrected chi connectivity index (χ4v) is 2.44. The number of hydrazine groups is 1. The molecule has 0 bridgehead atoms. The average molecular weight is 312 g/mol. The summed E-state index contributed by atoms with van der Waals surface area (Å²) >= 11 is 7.55. The summed E-state index contributed by atoms with van der Waals surface area (Å²) in [6.07, 6.45) is 0. The van der Waals surface area contributed by atoms with Crippen LogP contribution in [0.15, 0.2) is 17.5 Å². The minimum Gasteiger partial charge on any atom is -0.334 e. The Morgan fingerprint density at radius 3 is 2.85 bits per heavy atom. The molecule has 2 rings (SSSR count). The summed E-state index contributed by atoms with van der Waals surface area (Å²) < 4.78 is 0. The number of anilines is 1. The highest BCUT2D eigenvalue weighted by molar-refractivity contribution is 7.09. The first kappa shape index (κ1) is 14.7. The van der Waals surface area contributed by atoms with Crippen LogP contribution in [0.3, 0.4) is 0 Å². The second-order valence-corrected chi connectivity index (χ2v) is 5.66. The van der Waals surface area contributed by atoms with Crippen LogP contribution in [-0.2, 0) is 6.54 Å². The number of hydrogen-bond acceptors (Lipinski definition) is 6. The van der Waals surface area contributed by atoms with Crippen LogP contribution >= 0.6 is 22.9 Å². The maximum Gasteiger partial charge on any atom is 0.274 e. The number of carbonyl (C=O) groups excluding carboxylic acids is 1. The van der Waals surface area contributed by atoms with E-state index in [-0.39, 0.29) is 16.6 Å². The molecule has 0 spiro atoms. The number of halogens is 1. The van der Waals surface area contributed by atoms with Crippen LogP contribution in [0.4, 0.5) is 5.82 Å². The summed E-state index contributed by atoms with van der Waals surface area (Å²) in [5.41, 5.74) is 3.39. The molecule has 0 saturated heterocycles. The lowest BCUT2D eigenvalue weighted by atomic mass is 10.3. The number of carbonyl (C=O) groups is 1. The van der Waals surface area contributed by atoms with E-state index in [0.29, 0.717) is 12.4 Å². The lowest BCUT2D eigenvalue weighted by molar-refractivity contribution is 0.0778. The molecule has 8 heteroatoms. The van der Waals surface area contributed by atoms with Gasteiger partial charge in [-0.2, -0.15) is 0 Å². The van der Waals surface area contributed by atoms with Gasteiger partial charge in [0.05, 0.1) is 22.3 Å². The van der Waals surface area contributed by atoms with Crippen LogP contribution in [0.2, 0.25) is 5.02 Å². The molecule has 2 aromatic rings. The first-order valence-electron chi connectivity index (χ1n) is 5.81. The fourth-order valence-electron chi connectivity index (χ4n) is 1.65. The highest BCUT2D eigenvalue weighted by Gasteiger charge is 2.18. The molecule has 0 aliphatic heterocycles. The van der Waals surface area contributed by atoms with Crippen molar-refractivity contribution in [2.45, 2.75) is 13.5 Å². The van der Waals surface area contributed by atoms with Gasteiger partial charge in [-0.05, 0) is 19.1 Å². The number of nitrogens with zero attached hydrogens (tertiary/aromatic N) is 3. The van der Waals surface area contributed by atoms with Gasteiger partial charge in [0, 0.05) is 12.4 Å². The third kappa shape index (κ3) is 3.24. The Hall–Kier alpha value is -1.70. The Morgan fingerprint density at radius 1 is 1.50 bits per heavy atom. The normalized spacial score (nSPS) is 10.4. The fraction of sp³-hybridized carbons (Fsp3) is 0.250. The predicted molar refractivity (Wildman–Crippen MR) is 79.7 cm³/mol. The number of nitrogens with one attached hydrogen (secondary N) is 1. The number of aromatic nitrogens is 2. The molecule has 20 heavy (non-hydrogen) atoms. The minimum absolute atomic E-state index is 0.163. The van der Waals surface area contributed by atoms with E-state index in [2.05, 4.69) is 15.4 Å². The lowest BCUT2D eigenvalue weighted by Gasteiger charge is -2.16. The van der Waals surface area contributed by atoms with Crippen molar-refractivity contribution in [3.05, 3.63) is 38.9 Å². The van der Waals surface area contributed by atoms with Crippen molar-refractivity contribution < 1.29 is 4.79 Å². The van der Waals surface area contributed by atoms with Crippen LogP contribution in [0.5, 0.6) is 0 Å². The zero-order valence-corrected chi connectivity index (χ0v) is 12.6. The van der Waals surface area contributed by atoms with Crippen molar-refractivity contribution in [3.63, 3.8) is 0 Å². The summed E-state index contributed by atoms with van der Waals surface area (Å²) in [6.45, 7) is 2.33. The first-order chi connectivity index (χ1) is 9.51. The van der Waals surface area contributed by atoms with E-state index < -0.39 is 0 Å². The smallest absolute Gasteiger partial charge is 0.274 e. The van der Waals surface area contributed by atoms with Gasteiger partial charge >= 0.3 is 0 Å². The molecule has 2 aromatic heterocycles. The Morgan fingerprint density at radius 2 is 2.25 bits per heavy atom. The van der Waals surface area contributed by atoms with Crippen molar-refractivity contribution in [2.24, 2.45) is 5.84 Å². The molecule has 0 aliphatic carbocycles. The molecule has 106 valence electrons. The maximum atomic E-state index is 12.3. The monoisotopic (exact) mass is 311 g/mol. The number of nitrogens with two attached hydrogens (primary N) is 1. The van der Waals surface area contributed by atoms with Crippen LogP contribution in [0.1, 0.15) is 21.2 Å². The minimum atomic E-state index is -0.280. The maximum absolute atomic E-state index is 12.3. The summed E-state index contributed by atoms with van der Waals surface area (Å²) in [6, 6.07) is 3.18. The molecule has 0 unspecified atom stereocenters. The van der Waals surface area contributed by atoms with E-state index in [4.69, 9.17) is 17.4 Å². The third-order valence-electron chi connectivity index (χ3n) is 2.61. The highest BCUT2D eigenvalue weighted by atomic mass is 35.5. The van der Waals surface area contributed by atoms with Crippen LogP contribution in [-0.4, -0.2) is 27.8 Å². The molecular formula is C12H14ClN5OS. The topological polar surface area (TPSA) is 84.1 Å². The Kier molecular flexibility index (Phi) is 4.53. The van der Waals surface area contributed by atoms with Gasteiger partial charge in [0.1, 0.15) is 11.5 Å². The van der Waals surface area contributed by atoms with Gasteiger partial charge in [-0.3, -0.25) is 4.79 Å². The average Bonchev–Trinajstić information content (AvgIpc) is 2.84. The largest absolute Gasteiger partial charge is 0.334 e. The summed E-state index contributed by atoms with van der Waals surface area (Å²) in [5, 5.41) is 3.17. The van der Waals surface area contributed by atoms with E-state index in [0.717, 1.165) is 10.7 Å². The molecular weight excluding hydrogens is 298 g/mol. The zero-order chi connectivity index (χ0) is 14.7. The van der Waals surface area contributed by atoms with Crippen LogP contribution < -0.4 is 11.3 Å². The summed E-state index contributed by atoms with van der Waals surface area (Å²) in [5.74, 6) is 5.39. The van der Waals surface area contributed by atoms with Crippen molar-refractivity contribution in [1.82, 2.24) is 14.9 Å². The zero-order valence-electron chi connectivity index (χ0n) is 11.1. The Balaban J connectivity index is 2.17. The lowest BCUT2D eigenvalue weighted by Crippen LogP contribution is -2.28. The Bertz CT molecular complexity index is 630. The first-order valence-corrected chi connectivity index (χ1v) is 7.06. The molecule has 0 aromatic carbocycles. The van der Waals surface area contributed by atoms with Gasteiger partial charge in [-0.15, -0.1) is 11.3 Å². The SMILES string of the molecule is Cc1nc(CN(C)C(=O)c2nc(NN)ccc2Cl)cs1. The molecule has 0 saturated carbocycles. The second kappa shape index (κ2) is 6.17. The quantitative estimate of drug-likeness (QED) is 0.667. The van der Waals surface area contributed by atoms with Crippen LogP contribution in [0.25, 0.3) is 0 Å². The number of thiazole rings is 1. The number of aryl methyl sites for hydroxylation is 1. The van der Waals surface area contributed by atoms with Gasteiger partial charge in [0.25, 0.3) is 5.91 Å². The summed E-state index contributed by atoms with van der Waals surface area (Å²) in [7, 11) is 1.68.